The van der Waals surface area contributed by atoms with Gasteiger partial charge in [0.05, 0.1) is 18.0 Å². The zero-order valence-electron chi connectivity index (χ0n) is 9.53. The van der Waals surface area contributed by atoms with E-state index < -0.39 is 5.97 Å². The predicted octanol–water partition coefficient (Wildman–Crippen LogP) is 1.03. The molecule has 0 bridgehead atoms. The first-order chi connectivity index (χ1) is 8.09. The van der Waals surface area contributed by atoms with Crippen molar-refractivity contribution in [1.29, 1.82) is 0 Å². The van der Waals surface area contributed by atoms with Crippen LogP contribution in [0.3, 0.4) is 0 Å². The van der Waals surface area contributed by atoms with Crippen molar-refractivity contribution >= 4 is 11.7 Å². The highest BCUT2D eigenvalue weighted by molar-refractivity contribution is 5.93. The van der Waals surface area contributed by atoms with Crippen LogP contribution >= 0.6 is 0 Å². The molecule has 6 nitrogen and oxygen atoms in total. The molecular formula is C11H12N4O2. The number of carboxylic acid groups (broad SMARTS) is 1. The lowest BCUT2D eigenvalue weighted by Gasteiger charge is -2.14. The van der Waals surface area contributed by atoms with Crippen LogP contribution in [0.25, 0.3) is 5.69 Å². The van der Waals surface area contributed by atoms with Crippen molar-refractivity contribution in [2.24, 2.45) is 0 Å². The van der Waals surface area contributed by atoms with Gasteiger partial charge in [0.15, 0.2) is 0 Å². The zero-order chi connectivity index (χ0) is 12.4. The first-order valence-corrected chi connectivity index (χ1v) is 5.01. The fraction of sp³-hybridized carbons (Fsp3) is 0.182. The summed E-state index contributed by atoms with van der Waals surface area (Å²) in [4.78, 5) is 14.3. The molecule has 0 amide bonds. The van der Waals surface area contributed by atoms with Crippen molar-refractivity contribution in [2.75, 3.05) is 19.0 Å². The highest BCUT2D eigenvalue weighted by Crippen LogP contribution is 2.20. The second-order valence-corrected chi connectivity index (χ2v) is 3.72. The summed E-state index contributed by atoms with van der Waals surface area (Å²) in [7, 11) is 3.71. The number of rotatable bonds is 3. The molecule has 0 atom stereocenters. The molecule has 17 heavy (non-hydrogen) atoms. The Hall–Kier alpha value is -2.37. The molecule has 0 unspecified atom stereocenters. The largest absolute Gasteiger partial charge is 0.478 e. The standard InChI is InChI=1S/C11H12N4O2/c1-14(2)8-3-4-10(9(7-8)11(16)17)15-12-5-6-13-15/h3-7H,1-2H3,(H,16,17). The van der Waals surface area contributed by atoms with Crippen LogP contribution in [0.4, 0.5) is 5.69 Å². The van der Waals surface area contributed by atoms with Crippen LogP contribution in [0.1, 0.15) is 10.4 Å². The van der Waals surface area contributed by atoms with E-state index in [0.717, 1.165) is 5.69 Å². The maximum atomic E-state index is 11.2. The number of hydrogen-bond acceptors (Lipinski definition) is 4. The Morgan fingerprint density at radius 3 is 2.47 bits per heavy atom. The third kappa shape index (κ3) is 2.10. The van der Waals surface area contributed by atoms with Gasteiger partial charge in [-0.3, -0.25) is 0 Å². The number of benzene rings is 1. The molecule has 2 rings (SSSR count). The highest BCUT2D eigenvalue weighted by atomic mass is 16.4. The highest BCUT2D eigenvalue weighted by Gasteiger charge is 2.14. The van der Waals surface area contributed by atoms with Crippen molar-refractivity contribution < 1.29 is 9.90 Å². The van der Waals surface area contributed by atoms with E-state index in [2.05, 4.69) is 10.2 Å². The molecule has 1 heterocycles. The number of nitrogens with zero attached hydrogens (tertiary/aromatic N) is 4. The van der Waals surface area contributed by atoms with Gasteiger partial charge in [-0.25, -0.2) is 4.79 Å². The van der Waals surface area contributed by atoms with Gasteiger partial charge in [0, 0.05) is 19.8 Å². The van der Waals surface area contributed by atoms with Gasteiger partial charge in [-0.2, -0.15) is 15.0 Å². The quantitative estimate of drug-likeness (QED) is 0.855. The van der Waals surface area contributed by atoms with Gasteiger partial charge in [0.1, 0.15) is 5.69 Å². The van der Waals surface area contributed by atoms with Gasteiger partial charge in [-0.05, 0) is 18.2 Å². The Balaban J connectivity index is 2.57. The fourth-order valence-electron chi connectivity index (χ4n) is 1.49. The van der Waals surface area contributed by atoms with E-state index in [9.17, 15) is 9.90 Å². The summed E-state index contributed by atoms with van der Waals surface area (Å²) in [5.41, 5.74) is 1.44. The number of carbonyl (C=O) groups is 1. The molecule has 0 fully saturated rings. The molecule has 6 heteroatoms. The molecule has 0 spiro atoms. The summed E-state index contributed by atoms with van der Waals surface area (Å²) in [6.45, 7) is 0. The first kappa shape index (κ1) is 11.1. The van der Waals surface area contributed by atoms with Gasteiger partial charge in [-0.1, -0.05) is 0 Å². The number of hydrogen-bond donors (Lipinski definition) is 1. The van der Waals surface area contributed by atoms with E-state index in [-0.39, 0.29) is 5.56 Å². The van der Waals surface area contributed by atoms with Gasteiger partial charge >= 0.3 is 5.97 Å². The summed E-state index contributed by atoms with van der Waals surface area (Å²) >= 11 is 0. The molecule has 88 valence electrons. The Kier molecular flexibility index (Phi) is 2.78. The summed E-state index contributed by atoms with van der Waals surface area (Å²) in [5, 5.41) is 17.0. The molecule has 2 aromatic rings. The van der Waals surface area contributed by atoms with Crippen LogP contribution in [-0.2, 0) is 0 Å². The van der Waals surface area contributed by atoms with E-state index in [0.29, 0.717) is 5.69 Å². The maximum Gasteiger partial charge on any atom is 0.338 e. The summed E-state index contributed by atoms with van der Waals surface area (Å²) in [6, 6.07) is 5.12. The molecular weight excluding hydrogens is 220 g/mol. The van der Waals surface area contributed by atoms with E-state index >= 15 is 0 Å². The van der Waals surface area contributed by atoms with Crippen LogP contribution in [0, 0.1) is 0 Å². The average Bonchev–Trinajstić information content (AvgIpc) is 2.81. The van der Waals surface area contributed by atoms with E-state index in [1.54, 1.807) is 12.1 Å². The smallest absolute Gasteiger partial charge is 0.338 e. The molecule has 0 aliphatic rings. The second-order valence-electron chi connectivity index (χ2n) is 3.72. The molecule has 0 aliphatic heterocycles. The first-order valence-electron chi connectivity index (χ1n) is 5.01. The van der Waals surface area contributed by atoms with E-state index in [4.69, 9.17) is 0 Å². The third-order valence-corrected chi connectivity index (χ3v) is 2.36. The minimum absolute atomic E-state index is 0.174. The lowest BCUT2D eigenvalue weighted by Crippen LogP contribution is -2.12. The predicted molar refractivity (Wildman–Crippen MR) is 62.6 cm³/mol. The van der Waals surface area contributed by atoms with Crippen LogP contribution < -0.4 is 4.90 Å². The van der Waals surface area contributed by atoms with Crippen molar-refractivity contribution in [1.82, 2.24) is 15.0 Å². The molecule has 1 aromatic heterocycles. The number of carboxylic acids is 1. The minimum atomic E-state index is -0.999. The minimum Gasteiger partial charge on any atom is -0.478 e. The van der Waals surface area contributed by atoms with Gasteiger partial charge < -0.3 is 10.0 Å². The fourth-order valence-corrected chi connectivity index (χ4v) is 1.49. The van der Waals surface area contributed by atoms with Gasteiger partial charge in [-0.15, -0.1) is 0 Å². The van der Waals surface area contributed by atoms with Crippen molar-refractivity contribution in [3.05, 3.63) is 36.2 Å². The van der Waals surface area contributed by atoms with Crippen molar-refractivity contribution in [3.8, 4) is 5.69 Å². The lowest BCUT2D eigenvalue weighted by molar-refractivity contribution is 0.0696. The monoisotopic (exact) mass is 232 g/mol. The lowest BCUT2D eigenvalue weighted by atomic mass is 10.1. The SMILES string of the molecule is CN(C)c1ccc(-n2nccn2)c(C(=O)O)c1. The Morgan fingerprint density at radius 1 is 1.29 bits per heavy atom. The summed E-state index contributed by atoms with van der Waals surface area (Å²) in [6.07, 6.45) is 3.01. The summed E-state index contributed by atoms with van der Waals surface area (Å²) < 4.78 is 0. The normalized spacial score (nSPS) is 10.2. The van der Waals surface area contributed by atoms with Crippen LogP contribution in [0.5, 0.6) is 0 Å². The number of aromatic carboxylic acids is 1. The van der Waals surface area contributed by atoms with Crippen LogP contribution in [0.2, 0.25) is 0 Å². The van der Waals surface area contributed by atoms with Crippen molar-refractivity contribution in [2.45, 2.75) is 0 Å². The van der Waals surface area contributed by atoms with Gasteiger partial charge in [0.25, 0.3) is 0 Å². The molecule has 0 saturated carbocycles. The Labute approximate surface area is 98.1 Å². The maximum absolute atomic E-state index is 11.2. The zero-order valence-corrected chi connectivity index (χ0v) is 9.53. The molecule has 0 radical (unpaired) electrons. The third-order valence-electron chi connectivity index (χ3n) is 2.36. The number of anilines is 1. The molecule has 1 N–H and O–H groups in total. The Morgan fingerprint density at radius 2 is 1.94 bits per heavy atom. The second kappa shape index (κ2) is 4.25. The average molecular weight is 232 g/mol. The topological polar surface area (TPSA) is 71.2 Å². The van der Waals surface area contributed by atoms with Gasteiger partial charge in [0.2, 0.25) is 0 Å². The van der Waals surface area contributed by atoms with Crippen LogP contribution in [0.15, 0.2) is 30.6 Å². The molecule has 0 aliphatic carbocycles. The summed E-state index contributed by atoms with van der Waals surface area (Å²) in [5.74, 6) is -0.999. The Bertz CT molecular complexity index is 534. The van der Waals surface area contributed by atoms with Crippen molar-refractivity contribution in [3.63, 3.8) is 0 Å². The van der Waals surface area contributed by atoms with Crippen LogP contribution in [-0.4, -0.2) is 40.2 Å². The van der Waals surface area contributed by atoms with E-state index in [1.165, 1.54) is 17.2 Å². The molecule has 0 saturated heterocycles. The number of aromatic nitrogens is 3. The molecule has 1 aromatic carbocycles. The van der Waals surface area contributed by atoms with E-state index in [1.807, 2.05) is 25.1 Å².